The van der Waals surface area contributed by atoms with Crippen LogP contribution in [0.4, 0.5) is 14.6 Å². The number of anilines is 1. The topological polar surface area (TPSA) is 97.4 Å². The summed E-state index contributed by atoms with van der Waals surface area (Å²) in [6.45, 7) is 4.46. The first-order chi connectivity index (χ1) is 17.9. The number of nitriles is 1. The minimum Gasteiger partial charge on any atom is -0.370 e. The quantitative estimate of drug-likeness (QED) is 0.631. The Bertz CT molecular complexity index is 1260. The number of carbonyl (C=O) groups is 1. The van der Waals surface area contributed by atoms with Crippen molar-refractivity contribution in [2.45, 2.75) is 38.0 Å². The number of amides is 1. The number of pyridine rings is 1. The summed E-state index contributed by atoms with van der Waals surface area (Å²) in [6.07, 6.45) is 5.56. The highest BCUT2D eigenvalue weighted by Crippen LogP contribution is 2.30. The molecule has 3 aliphatic heterocycles. The Labute approximate surface area is 213 Å². The number of piperazine rings is 1. The maximum absolute atomic E-state index is 14.4. The predicted octanol–water partition coefficient (Wildman–Crippen LogP) is 2.67. The molecular formula is C26H27F2N7O2. The molecule has 2 saturated heterocycles. The zero-order valence-electron chi connectivity index (χ0n) is 20.4. The van der Waals surface area contributed by atoms with E-state index in [0.717, 1.165) is 23.9 Å². The molecule has 192 valence electrons. The molecule has 0 saturated carbocycles. The molecule has 2 fully saturated rings. The third-order valence-electron chi connectivity index (χ3n) is 7.08. The predicted molar refractivity (Wildman–Crippen MR) is 133 cm³/mol. The third-order valence-corrected chi connectivity index (χ3v) is 7.08. The third kappa shape index (κ3) is 5.35. The smallest absolute Gasteiger partial charge is 0.227 e. The Hall–Kier alpha value is -3.75. The summed E-state index contributed by atoms with van der Waals surface area (Å²) in [4.78, 5) is 23.5. The Morgan fingerprint density at radius 1 is 1.19 bits per heavy atom. The molecule has 0 N–H and O–H groups in total. The number of rotatable bonds is 4. The number of fused-ring (bicyclic) bond motifs is 1. The number of aromatic nitrogens is 1. The van der Waals surface area contributed by atoms with E-state index in [2.05, 4.69) is 27.0 Å². The summed E-state index contributed by atoms with van der Waals surface area (Å²) in [5.74, 6) is -0.841. The van der Waals surface area contributed by atoms with Crippen LogP contribution < -0.4 is 4.90 Å². The van der Waals surface area contributed by atoms with Gasteiger partial charge in [-0.2, -0.15) is 10.4 Å². The molecule has 3 atom stereocenters. The molecule has 9 nitrogen and oxygen atoms in total. The minimum absolute atomic E-state index is 0.0117. The lowest BCUT2D eigenvalue weighted by molar-refractivity contribution is -0.139. The van der Waals surface area contributed by atoms with E-state index in [1.807, 2.05) is 21.9 Å². The number of carbonyl (C=O) groups excluding carboxylic acids is 1. The van der Waals surface area contributed by atoms with Crippen LogP contribution in [0.1, 0.15) is 36.1 Å². The number of halogens is 2. The van der Waals surface area contributed by atoms with Gasteiger partial charge in [-0.3, -0.25) is 9.69 Å². The van der Waals surface area contributed by atoms with Gasteiger partial charge in [-0.1, -0.05) is 6.07 Å². The van der Waals surface area contributed by atoms with E-state index in [4.69, 9.17) is 10.00 Å². The number of hydrogen-bond acceptors (Lipinski definition) is 8. The summed E-state index contributed by atoms with van der Waals surface area (Å²) >= 11 is 0. The summed E-state index contributed by atoms with van der Waals surface area (Å²) < 4.78 is 34.0. The van der Waals surface area contributed by atoms with Crippen LogP contribution in [-0.2, 0) is 16.0 Å². The second-order valence-electron chi connectivity index (χ2n) is 9.50. The zero-order valence-corrected chi connectivity index (χ0v) is 20.4. The van der Waals surface area contributed by atoms with Crippen molar-refractivity contribution >= 4 is 24.3 Å². The maximum atomic E-state index is 14.4. The first kappa shape index (κ1) is 24.9. The number of hydrogen-bond donors (Lipinski definition) is 0. The first-order valence-electron chi connectivity index (χ1n) is 12.2. The van der Waals surface area contributed by atoms with Crippen LogP contribution >= 0.6 is 0 Å². The molecule has 5 rings (SSSR count). The molecule has 3 unspecified atom stereocenters. The SMILES string of the molecule is CC1CC=NN=CN1c1ccc(CC(=O)N2CCN3CC(c4cc(C#N)c(F)cc4F)OCC3C2)cn1. The van der Waals surface area contributed by atoms with Crippen molar-refractivity contribution in [2.24, 2.45) is 10.2 Å². The van der Waals surface area contributed by atoms with E-state index in [9.17, 15) is 13.6 Å². The molecule has 0 radical (unpaired) electrons. The fourth-order valence-electron chi connectivity index (χ4n) is 4.90. The van der Waals surface area contributed by atoms with E-state index < -0.39 is 17.7 Å². The van der Waals surface area contributed by atoms with Gasteiger partial charge in [-0.25, -0.2) is 13.8 Å². The fourth-order valence-corrected chi connectivity index (χ4v) is 4.90. The van der Waals surface area contributed by atoms with Crippen molar-refractivity contribution in [1.82, 2.24) is 14.8 Å². The van der Waals surface area contributed by atoms with Crippen molar-refractivity contribution < 1.29 is 18.3 Å². The average molecular weight is 508 g/mol. The highest BCUT2D eigenvalue weighted by atomic mass is 19.1. The van der Waals surface area contributed by atoms with Crippen LogP contribution in [0.3, 0.4) is 0 Å². The lowest BCUT2D eigenvalue weighted by Crippen LogP contribution is -2.59. The van der Waals surface area contributed by atoms with E-state index in [1.54, 1.807) is 24.8 Å². The number of ether oxygens (including phenoxy) is 1. The van der Waals surface area contributed by atoms with Gasteiger partial charge in [0.15, 0.2) is 0 Å². The van der Waals surface area contributed by atoms with Gasteiger partial charge >= 0.3 is 0 Å². The highest BCUT2D eigenvalue weighted by molar-refractivity contribution is 5.81. The van der Waals surface area contributed by atoms with Gasteiger partial charge in [0, 0.05) is 62.7 Å². The lowest BCUT2D eigenvalue weighted by atomic mass is 10.0. The summed E-state index contributed by atoms with van der Waals surface area (Å²) in [5.41, 5.74) is 0.800. The minimum atomic E-state index is -0.880. The number of benzene rings is 1. The standard InChI is InChI=1S/C26H27F2N7O2/c1-17-4-5-31-32-16-35(17)25-3-2-18(12-30-25)8-26(36)34-7-6-33-14-24(37-15-20(33)13-34)21-9-19(11-29)22(27)10-23(21)28/h2-3,5,9-10,12,16-17,20,24H,4,6-8,13-15H2,1H3. The van der Waals surface area contributed by atoms with Crippen LogP contribution in [-0.4, -0.2) is 78.1 Å². The zero-order chi connectivity index (χ0) is 25.9. The number of nitrogens with zero attached hydrogens (tertiary/aromatic N) is 7. The summed E-state index contributed by atoms with van der Waals surface area (Å²) in [6, 6.07) is 7.66. The van der Waals surface area contributed by atoms with Crippen molar-refractivity contribution in [3.63, 3.8) is 0 Å². The maximum Gasteiger partial charge on any atom is 0.227 e. The Morgan fingerprint density at radius 2 is 2.05 bits per heavy atom. The molecule has 1 amide bonds. The largest absolute Gasteiger partial charge is 0.370 e. The molecule has 3 aliphatic rings. The van der Waals surface area contributed by atoms with Gasteiger partial charge in [0.25, 0.3) is 0 Å². The highest BCUT2D eigenvalue weighted by Gasteiger charge is 2.36. The van der Waals surface area contributed by atoms with Crippen molar-refractivity contribution in [2.75, 3.05) is 37.7 Å². The molecule has 37 heavy (non-hydrogen) atoms. The van der Waals surface area contributed by atoms with E-state index >= 15 is 0 Å². The molecule has 1 aromatic carbocycles. The van der Waals surface area contributed by atoms with Gasteiger partial charge < -0.3 is 14.5 Å². The van der Waals surface area contributed by atoms with Gasteiger partial charge in [0.05, 0.1) is 30.7 Å². The van der Waals surface area contributed by atoms with Crippen LogP contribution in [0.15, 0.2) is 40.7 Å². The molecule has 0 aliphatic carbocycles. The van der Waals surface area contributed by atoms with Crippen molar-refractivity contribution in [1.29, 1.82) is 5.26 Å². The lowest BCUT2D eigenvalue weighted by Gasteiger charge is -2.46. The molecule has 2 aromatic rings. The molecular weight excluding hydrogens is 480 g/mol. The number of morpholine rings is 1. The van der Waals surface area contributed by atoms with Crippen molar-refractivity contribution in [3.8, 4) is 6.07 Å². The molecule has 1 aromatic heterocycles. The van der Waals surface area contributed by atoms with E-state index in [-0.39, 0.29) is 35.5 Å². The van der Waals surface area contributed by atoms with Gasteiger partial charge in [0.2, 0.25) is 5.91 Å². The average Bonchev–Trinajstić information content (AvgIpc) is 3.13. The molecule has 0 bridgehead atoms. The van der Waals surface area contributed by atoms with Crippen LogP contribution in [0, 0.1) is 23.0 Å². The monoisotopic (exact) mass is 507 g/mol. The summed E-state index contributed by atoms with van der Waals surface area (Å²) in [5, 5.41) is 17.0. The second kappa shape index (κ2) is 10.7. The Kier molecular flexibility index (Phi) is 7.21. The van der Waals surface area contributed by atoms with Gasteiger partial charge in [-0.05, 0) is 24.6 Å². The van der Waals surface area contributed by atoms with Crippen LogP contribution in [0.2, 0.25) is 0 Å². The fraction of sp³-hybridized carbons (Fsp3) is 0.423. The van der Waals surface area contributed by atoms with Crippen LogP contribution in [0.25, 0.3) is 0 Å². The van der Waals surface area contributed by atoms with E-state index in [1.165, 1.54) is 6.07 Å². The normalized spacial score (nSPS) is 23.9. The van der Waals surface area contributed by atoms with Gasteiger partial charge in [0.1, 0.15) is 29.9 Å². The van der Waals surface area contributed by atoms with E-state index in [0.29, 0.717) is 32.8 Å². The summed E-state index contributed by atoms with van der Waals surface area (Å²) in [7, 11) is 0. The van der Waals surface area contributed by atoms with Crippen LogP contribution in [0.5, 0.6) is 0 Å². The Balaban J connectivity index is 1.17. The molecule has 4 heterocycles. The second-order valence-corrected chi connectivity index (χ2v) is 9.50. The molecule has 0 spiro atoms. The van der Waals surface area contributed by atoms with Crippen molar-refractivity contribution in [3.05, 3.63) is 58.8 Å². The first-order valence-corrected chi connectivity index (χ1v) is 12.2. The molecule has 11 heteroatoms. The Morgan fingerprint density at radius 3 is 2.84 bits per heavy atom. The van der Waals surface area contributed by atoms with Gasteiger partial charge in [-0.15, -0.1) is 5.10 Å².